The average molecular weight is 269 g/mol. The third-order valence-corrected chi connectivity index (χ3v) is 0. The first-order valence-corrected chi connectivity index (χ1v) is 2.45. The zero-order valence-electron chi connectivity index (χ0n) is 3.15. The first-order valence-electron chi connectivity index (χ1n) is 0.816. The summed E-state index contributed by atoms with van der Waals surface area (Å²) in [6.07, 6.45) is 0. The molecule has 0 amide bonds. The van der Waals surface area contributed by atoms with Crippen LogP contribution in [-0.4, -0.2) is 9.05 Å². The minimum absolute atomic E-state index is 0. The fraction of sp³-hybridized carbons (Fsp3) is 0. The normalized spacial score (nSPS) is 7.50. The molecule has 0 saturated carbocycles. The van der Waals surface area contributed by atoms with Crippen molar-refractivity contribution >= 4 is 9.05 Å². The molecule has 4 nitrogen and oxygen atoms in total. The monoisotopic (exact) mass is 269 g/mol. The first kappa shape index (κ1) is 22.6. The van der Waals surface area contributed by atoms with E-state index in [0.29, 0.717) is 0 Å². The average Bonchev–Trinajstić information content (AvgIpc) is 0.722. The summed E-state index contributed by atoms with van der Waals surface area (Å²) in [6, 6.07) is 0. The van der Waals surface area contributed by atoms with Gasteiger partial charge in [0.25, 0.3) is 0 Å². The Balaban J connectivity index is -0.0000000267. The molecule has 0 aromatic carbocycles. The molecule has 8 heavy (non-hydrogen) atoms. The van der Waals surface area contributed by atoms with Gasteiger partial charge in [0, 0.05) is 0 Å². The fourth-order valence-electron chi connectivity index (χ4n) is 0. The summed E-state index contributed by atoms with van der Waals surface area (Å²) < 4.78 is 0. The molecule has 53 valence electrons. The van der Waals surface area contributed by atoms with Crippen molar-refractivity contribution in [2.75, 3.05) is 0 Å². The van der Waals surface area contributed by atoms with E-state index in [1.165, 1.54) is 0 Å². The quantitative estimate of drug-likeness (QED) is 0.411. The Kier molecular flexibility index (Phi) is 24.3. The second-order valence-corrected chi connectivity index (χ2v) is 1.50. The summed E-state index contributed by atoms with van der Waals surface area (Å²) in [6.45, 7) is 0. The molecule has 3 radical (unpaired) electrons. The molecule has 0 saturated heterocycles. The van der Waals surface area contributed by atoms with Crippen LogP contribution in [0.3, 0.4) is 0 Å². The molecule has 0 aromatic heterocycles. The Labute approximate surface area is 78.9 Å². The molecule has 0 heterocycles. The van der Waals surface area contributed by atoms with Crippen molar-refractivity contribution < 1.29 is 70.1 Å². The molecule has 0 atom stereocenters. The predicted molar refractivity (Wildman–Crippen MR) is 5.75 cm³/mol. The van der Waals surface area contributed by atoms with E-state index in [9.17, 15) is 0 Å². The van der Waals surface area contributed by atoms with Crippen LogP contribution in [0.2, 0.25) is 0 Å². The molecule has 0 unspecified atom stereocenters. The first-order chi connectivity index (χ1) is 2.00. The van der Waals surface area contributed by atoms with E-state index in [1.807, 2.05) is 0 Å². The number of rotatable bonds is 0. The van der Waals surface area contributed by atoms with E-state index >= 15 is 0 Å². The molecule has 0 spiro atoms. The summed E-state index contributed by atoms with van der Waals surface area (Å²) in [5.74, 6) is 0. The molecule has 0 aromatic rings. The summed E-state index contributed by atoms with van der Waals surface area (Å²) in [4.78, 5) is 34.3. The van der Waals surface area contributed by atoms with Crippen LogP contribution in [0, 0.1) is 0 Å². The second-order valence-electron chi connectivity index (χ2n) is 0.500. The smallest absolute Gasteiger partial charge is 0.894 e. The Hall–Kier alpha value is 1.60. The molecule has 0 N–H and O–H groups in total. The van der Waals surface area contributed by atoms with Crippen molar-refractivity contribution in [3.8, 4) is 0 Å². The molecule has 0 bridgehead atoms. The maximum atomic E-state index is 8.58. The molecule has 0 aliphatic rings. The maximum Gasteiger partial charge on any atom is 2.00 e. The van der Waals surface area contributed by atoms with E-state index in [-0.39, 0.29) is 50.9 Å². The van der Waals surface area contributed by atoms with Crippen molar-refractivity contribution in [3.05, 3.63) is 0 Å². The van der Waals surface area contributed by atoms with Gasteiger partial charge in [-0.05, 0) is 0 Å². The van der Waals surface area contributed by atoms with Crippen LogP contribution in [0.4, 0.5) is 0 Å². The van der Waals surface area contributed by atoms with Gasteiger partial charge in [0.15, 0.2) is 0 Å². The fourth-order valence-corrected chi connectivity index (χ4v) is 0. The van der Waals surface area contributed by atoms with Crippen molar-refractivity contribution in [1.29, 1.82) is 0 Å². The Morgan fingerprint density at radius 2 is 0.875 bits per heavy atom. The van der Waals surface area contributed by atoms with Crippen LogP contribution in [0.5, 0.6) is 0 Å². The van der Waals surface area contributed by atoms with Gasteiger partial charge in [-0.3, -0.25) is 0 Å². The topological polar surface area (TPSA) is 92.2 Å². The zero-order chi connectivity index (χ0) is 4.50. The molecular formula is CoCuMnO4Si+2. The zero-order valence-corrected chi connectivity index (χ0v) is 7.31. The number of hydrogen-bond acceptors (Lipinski definition) is 4. The van der Waals surface area contributed by atoms with Crippen LogP contribution in [0.25, 0.3) is 0 Å². The molecule has 0 rings (SSSR count). The molecular weight excluding hydrogens is 269 g/mol. The van der Waals surface area contributed by atoms with Gasteiger partial charge >= 0.3 is 50.9 Å². The third kappa shape index (κ3) is 129. The van der Waals surface area contributed by atoms with Gasteiger partial charge in [-0.15, -0.1) is 0 Å². The predicted octanol–water partition coefficient (Wildman–Crippen LogP) is -5.14. The van der Waals surface area contributed by atoms with Gasteiger partial charge in [0.05, 0.1) is 0 Å². The standard InChI is InChI=1S/Co.Cu.Mn.O4Si/c;;;1-5(2,3)4/q3*+2;-4. The van der Waals surface area contributed by atoms with Gasteiger partial charge in [-0.1, -0.05) is 0 Å². The van der Waals surface area contributed by atoms with Gasteiger partial charge in [-0.25, -0.2) is 0 Å². The summed E-state index contributed by atoms with van der Waals surface area (Å²) in [5, 5.41) is 0. The molecule has 0 aliphatic heterocycles. The van der Waals surface area contributed by atoms with Crippen LogP contribution in [-0.2, 0) is 50.9 Å². The van der Waals surface area contributed by atoms with Crippen LogP contribution >= 0.6 is 0 Å². The number of hydrogen-bond donors (Lipinski definition) is 0. The Bertz CT molecular complexity index is 31.5. The van der Waals surface area contributed by atoms with Crippen molar-refractivity contribution in [3.63, 3.8) is 0 Å². The Morgan fingerprint density at radius 1 is 0.875 bits per heavy atom. The molecule has 8 heteroatoms. The van der Waals surface area contributed by atoms with E-state index in [1.54, 1.807) is 0 Å². The van der Waals surface area contributed by atoms with E-state index in [0.717, 1.165) is 0 Å². The summed E-state index contributed by atoms with van der Waals surface area (Å²) in [5.41, 5.74) is 0. The second kappa shape index (κ2) is 8.60. The van der Waals surface area contributed by atoms with E-state index in [2.05, 4.69) is 0 Å². The SMILES string of the molecule is [Co+2].[Cu+2].[Mn+2].[O-][Si]([O-])([O-])[O-]. The summed E-state index contributed by atoms with van der Waals surface area (Å²) in [7, 11) is -5.61. The minimum Gasteiger partial charge on any atom is -0.894 e. The maximum absolute atomic E-state index is 8.58. The summed E-state index contributed by atoms with van der Waals surface area (Å²) >= 11 is 0. The van der Waals surface area contributed by atoms with Crippen molar-refractivity contribution in [1.82, 2.24) is 0 Å². The van der Waals surface area contributed by atoms with Gasteiger partial charge in [0.1, 0.15) is 0 Å². The van der Waals surface area contributed by atoms with Crippen LogP contribution in [0.1, 0.15) is 0 Å². The largest absolute Gasteiger partial charge is 2.00 e. The van der Waals surface area contributed by atoms with Crippen LogP contribution in [0.15, 0.2) is 0 Å². The van der Waals surface area contributed by atoms with Gasteiger partial charge in [0.2, 0.25) is 0 Å². The van der Waals surface area contributed by atoms with Gasteiger partial charge < -0.3 is 28.2 Å². The van der Waals surface area contributed by atoms with Crippen LogP contribution < -0.4 is 19.2 Å². The van der Waals surface area contributed by atoms with E-state index < -0.39 is 9.05 Å². The molecule has 0 fully saturated rings. The minimum atomic E-state index is -5.61. The third-order valence-electron chi connectivity index (χ3n) is 0. The van der Waals surface area contributed by atoms with E-state index in [4.69, 9.17) is 19.2 Å². The van der Waals surface area contributed by atoms with Crippen molar-refractivity contribution in [2.24, 2.45) is 0 Å². The molecule has 0 aliphatic carbocycles. The Morgan fingerprint density at radius 3 is 0.875 bits per heavy atom. The van der Waals surface area contributed by atoms with Gasteiger partial charge in [-0.2, -0.15) is 0 Å². The van der Waals surface area contributed by atoms with Crippen molar-refractivity contribution in [2.45, 2.75) is 0 Å².